The van der Waals surface area contributed by atoms with Crippen molar-refractivity contribution in [2.45, 2.75) is 0 Å². The van der Waals surface area contributed by atoms with Crippen molar-refractivity contribution in [3.63, 3.8) is 0 Å². The summed E-state index contributed by atoms with van der Waals surface area (Å²) in [5.41, 5.74) is 1.95. The Hall–Kier alpha value is -3.38. The summed E-state index contributed by atoms with van der Waals surface area (Å²) in [4.78, 5) is 13.0. The number of fused-ring (bicyclic) bond motifs is 2. The summed E-state index contributed by atoms with van der Waals surface area (Å²) >= 11 is 0. The average molecular weight is 296 g/mol. The first kappa shape index (κ1) is 13.3. The van der Waals surface area contributed by atoms with Crippen molar-refractivity contribution < 1.29 is 4.79 Å². The highest BCUT2D eigenvalue weighted by Gasteiger charge is 2.14. The van der Waals surface area contributed by atoms with Gasteiger partial charge in [-0.1, -0.05) is 42.5 Å². The van der Waals surface area contributed by atoms with E-state index < -0.39 is 0 Å². The zero-order chi connectivity index (χ0) is 15.8. The molecule has 3 aromatic carbocycles. The Kier molecular flexibility index (Phi) is 2.96. The number of carbonyl (C=O) groups is 1. The summed E-state index contributed by atoms with van der Waals surface area (Å²) in [6.07, 6.45) is 1.76. The van der Waals surface area contributed by atoms with Crippen LogP contribution in [0.5, 0.6) is 0 Å². The Morgan fingerprint density at radius 1 is 0.913 bits per heavy atom. The quantitative estimate of drug-likeness (QED) is 0.524. The second-order valence-electron chi connectivity index (χ2n) is 5.40. The molecule has 0 amide bonds. The molecule has 0 aliphatic carbocycles. The lowest BCUT2D eigenvalue weighted by atomic mass is 10.0. The first-order chi connectivity index (χ1) is 11.3. The van der Waals surface area contributed by atoms with Crippen LogP contribution in [0, 0.1) is 11.3 Å². The molecule has 1 aromatic heterocycles. The molecule has 0 aliphatic rings. The number of rotatable bonds is 1. The zero-order valence-electron chi connectivity index (χ0n) is 12.2. The summed E-state index contributed by atoms with van der Waals surface area (Å²) in [7, 11) is 0. The van der Waals surface area contributed by atoms with E-state index in [1.807, 2.05) is 54.6 Å². The highest BCUT2D eigenvalue weighted by atomic mass is 16.2. The van der Waals surface area contributed by atoms with E-state index in [2.05, 4.69) is 6.07 Å². The van der Waals surface area contributed by atoms with Crippen molar-refractivity contribution in [1.29, 1.82) is 5.26 Å². The number of hydrogen-bond donors (Lipinski definition) is 0. The Balaban J connectivity index is 1.94. The van der Waals surface area contributed by atoms with Crippen LogP contribution in [0.15, 0.2) is 72.9 Å². The summed E-state index contributed by atoms with van der Waals surface area (Å²) in [6.45, 7) is 0. The molecule has 3 heteroatoms. The third kappa shape index (κ3) is 2.09. The maximum absolute atomic E-state index is 13.0. The Morgan fingerprint density at radius 3 is 2.61 bits per heavy atom. The fourth-order valence-electron chi connectivity index (χ4n) is 2.92. The van der Waals surface area contributed by atoms with E-state index in [0.29, 0.717) is 11.1 Å². The van der Waals surface area contributed by atoms with E-state index >= 15 is 0 Å². The summed E-state index contributed by atoms with van der Waals surface area (Å²) < 4.78 is 1.61. The summed E-state index contributed by atoms with van der Waals surface area (Å²) in [5.74, 6) is -0.0908. The van der Waals surface area contributed by atoms with E-state index in [1.165, 1.54) is 0 Å². The first-order valence-corrected chi connectivity index (χ1v) is 7.31. The summed E-state index contributed by atoms with van der Waals surface area (Å²) in [5, 5.41) is 12.0. The van der Waals surface area contributed by atoms with Gasteiger partial charge in [0.05, 0.1) is 17.1 Å². The van der Waals surface area contributed by atoms with Gasteiger partial charge in [-0.2, -0.15) is 5.26 Å². The van der Waals surface area contributed by atoms with Gasteiger partial charge in [-0.3, -0.25) is 9.36 Å². The molecule has 0 fully saturated rings. The normalized spacial score (nSPS) is 10.7. The average Bonchev–Trinajstić information content (AvgIpc) is 3.03. The molecule has 0 radical (unpaired) electrons. The first-order valence-electron chi connectivity index (χ1n) is 7.31. The van der Waals surface area contributed by atoms with Crippen LogP contribution in [0.3, 0.4) is 0 Å². The van der Waals surface area contributed by atoms with Gasteiger partial charge in [-0.25, -0.2) is 0 Å². The van der Waals surface area contributed by atoms with Crippen molar-refractivity contribution in [2.24, 2.45) is 0 Å². The molecule has 4 aromatic rings. The van der Waals surface area contributed by atoms with Gasteiger partial charge in [0.2, 0.25) is 0 Å². The highest BCUT2D eigenvalue weighted by molar-refractivity contribution is 6.10. The molecule has 0 unspecified atom stereocenters. The van der Waals surface area contributed by atoms with Gasteiger partial charge < -0.3 is 0 Å². The second-order valence-corrected chi connectivity index (χ2v) is 5.40. The van der Waals surface area contributed by atoms with Crippen molar-refractivity contribution in [3.8, 4) is 6.07 Å². The number of benzene rings is 3. The molecule has 0 N–H and O–H groups in total. The van der Waals surface area contributed by atoms with Crippen molar-refractivity contribution >= 4 is 27.6 Å². The number of aromatic nitrogens is 1. The molecule has 1 heterocycles. The fourth-order valence-corrected chi connectivity index (χ4v) is 2.92. The largest absolute Gasteiger partial charge is 0.283 e. The minimum absolute atomic E-state index is 0.0908. The molecule has 0 bridgehead atoms. The lowest BCUT2D eigenvalue weighted by Gasteiger charge is -2.08. The van der Waals surface area contributed by atoms with Gasteiger partial charge in [0.25, 0.3) is 5.91 Å². The molecule has 3 nitrogen and oxygen atoms in total. The van der Waals surface area contributed by atoms with E-state index in [-0.39, 0.29) is 5.91 Å². The molecular weight excluding hydrogens is 284 g/mol. The van der Waals surface area contributed by atoms with Crippen molar-refractivity contribution in [1.82, 2.24) is 4.57 Å². The van der Waals surface area contributed by atoms with Gasteiger partial charge in [0, 0.05) is 17.1 Å². The smallest absolute Gasteiger partial charge is 0.262 e. The number of carbonyl (C=O) groups excluding carboxylic acids is 1. The lowest BCUT2D eigenvalue weighted by Crippen LogP contribution is -2.11. The molecule has 23 heavy (non-hydrogen) atoms. The van der Waals surface area contributed by atoms with Gasteiger partial charge in [0.1, 0.15) is 0 Å². The van der Waals surface area contributed by atoms with Crippen LogP contribution < -0.4 is 0 Å². The molecule has 0 saturated carbocycles. The maximum Gasteiger partial charge on any atom is 0.262 e. The third-order valence-electron chi connectivity index (χ3n) is 4.06. The Bertz CT molecular complexity index is 1090. The van der Waals surface area contributed by atoms with E-state index in [1.54, 1.807) is 22.9 Å². The topological polar surface area (TPSA) is 45.8 Å². The highest BCUT2D eigenvalue weighted by Crippen LogP contribution is 2.23. The number of nitriles is 1. The third-order valence-corrected chi connectivity index (χ3v) is 4.06. The van der Waals surface area contributed by atoms with Crippen LogP contribution in [0.1, 0.15) is 15.9 Å². The van der Waals surface area contributed by atoms with E-state index in [9.17, 15) is 4.79 Å². The molecule has 0 spiro atoms. The van der Waals surface area contributed by atoms with Crippen molar-refractivity contribution in [3.05, 3.63) is 84.1 Å². The molecule has 0 aliphatic heterocycles. The van der Waals surface area contributed by atoms with Crippen LogP contribution in [0.4, 0.5) is 0 Å². The minimum atomic E-state index is -0.0908. The standard InChI is InChI=1S/C20H12N2O/c21-13-14-8-9-16-10-11-22(19(16)12-14)20(23)18-7-3-5-15-4-1-2-6-17(15)18/h1-12H. The van der Waals surface area contributed by atoms with Crippen LogP contribution in [-0.2, 0) is 0 Å². The fraction of sp³-hybridized carbons (Fsp3) is 0. The van der Waals surface area contributed by atoms with Crippen LogP contribution >= 0.6 is 0 Å². The van der Waals surface area contributed by atoms with Gasteiger partial charge >= 0.3 is 0 Å². The Labute approximate surface area is 133 Å². The van der Waals surface area contributed by atoms with Crippen molar-refractivity contribution in [2.75, 3.05) is 0 Å². The van der Waals surface area contributed by atoms with Gasteiger partial charge in [0.15, 0.2) is 0 Å². The second kappa shape index (κ2) is 5.11. The van der Waals surface area contributed by atoms with Crippen LogP contribution in [-0.4, -0.2) is 10.5 Å². The predicted octanol–water partition coefficient (Wildman–Crippen LogP) is 4.35. The van der Waals surface area contributed by atoms with E-state index in [4.69, 9.17) is 5.26 Å². The predicted molar refractivity (Wildman–Crippen MR) is 90.3 cm³/mol. The number of hydrogen-bond acceptors (Lipinski definition) is 2. The van der Waals surface area contributed by atoms with Gasteiger partial charge in [-0.05, 0) is 35.0 Å². The number of nitrogens with zero attached hydrogens (tertiary/aromatic N) is 2. The molecule has 0 saturated heterocycles. The minimum Gasteiger partial charge on any atom is -0.283 e. The lowest BCUT2D eigenvalue weighted by molar-refractivity contribution is 0.0966. The molecule has 0 atom stereocenters. The zero-order valence-corrected chi connectivity index (χ0v) is 12.2. The molecular formula is C20H12N2O. The maximum atomic E-state index is 13.0. The molecule has 108 valence electrons. The summed E-state index contributed by atoms with van der Waals surface area (Å²) in [6, 6.07) is 22.9. The SMILES string of the molecule is N#Cc1ccc2ccn(C(=O)c3cccc4ccccc34)c2c1. The van der Waals surface area contributed by atoms with Gasteiger partial charge in [-0.15, -0.1) is 0 Å². The van der Waals surface area contributed by atoms with E-state index in [0.717, 1.165) is 21.7 Å². The molecule has 4 rings (SSSR count). The Morgan fingerprint density at radius 2 is 1.74 bits per heavy atom. The van der Waals surface area contributed by atoms with Crippen LogP contribution in [0.25, 0.3) is 21.7 Å². The monoisotopic (exact) mass is 296 g/mol. The van der Waals surface area contributed by atoms with Crippen LogP contribution in [0.2, 0.25) is 0 Å².